The van der Waals surface area contributed by atoms with Crippen molar-refractivity contribution in [2.75, 3.05) is 11.9 Å². The largest absolute Gasteiger partial charge is 0.493 e. The maximum Gasteiger partial charge on any atom is 0.165 e. The molecule has 0 saturated heterocycles. The molecule has 3 aromatic heterocycles. The summed E-state index contributed by atoms with van der Waals surface area (Å²) in [6, 6.07) is 16.5. The monoisotopic (exact) mass is 367 g/mol. The number of hydrogen-bond acceptors (Lipinski definition) is 4. The van der Waals surface area contributed by atoms with Crippen molar-refractivity contribution in [2.24, 2.45) is 0 Å². The molecule has 1 aliphatic heterocycles. The fourth-order valence-corrected chi connectivity index (χ4v) is 3.78. The van der Waals surface area contributed by atoms with Gasteiger partial charge < -0.3 is 15.0 Å². The lowest BCUT2D eigenvalue weighted by Crippen LogP contribution is -1.97. The highest BCUT2D eigenvalue weighted by Gasteiger charge is 2.15. The minimum absolute atomic E-state index is 0.755. The van der Waals surface area contributed by atoms with Gasteiger partial charge >= 0.3 is 0 Å². The smallest absolute Gasteiger partial charge is 0.165 e. The van der Waals surface area contributed by atoms with Crippen molar-refractivity contribution in [2.45, 2.75) is 6.42 Å². The Balaban J connectivity index is 1.39. The summed E-state index contributed by atoms with van der Waals surface area (Å²) in [4.78, 5) is 8.03. The lowest BCUT2D eigenvalue weighted by molar-refractivity contribution is 0.357. The van der Waals surface area contributed by atoms with Crippen LogP contribution in [0.2, 0.25) is 0 Å². The average molecular weight is 367 g/mol. The first-order chi connectivity index (χ1) is 13.8. The molecule has 2 N–H and O–H groups in total. The SMILES string of the molecule is c1cc2cc(Nc3ccn4ncc(-c5ccc6c(c5)CCO6)c4n3)ccc2[nH]1. The van der Waals surface area contributed by atoms with Crippen molar-refractivity contribution >= 4 is 28.1 Å². The fraction of sp³-hybridized carbons (Fsp3) is 0.0909. The van der Waals surface area contributed by atoms with E-state index in [9.17, 15) is 0 Å². The van der Waals surface area contributed by atoms with Crippen molar-refractivity contribution in [3.8, 4) is 16.9 Å². The number of fused-ring (bicyclic) bond motifs is 3. The molecular formula is C22H17N5O. The van der Waals surface area contributed by atoms with Crippen LogP contribution in [0.4, 0.5) is 11.5 Å². The zero-order chi connectivity index (χ0) is 18.5. The second kappa shape index (κ2) is 5.85. The fourth-order valence-electron chi connectivity index (χ4n) is 3.78. The number of anilines is 2. The van der Waals surface area contributed by atoms with Crippen LogP contribution in [0.3, 0.4) is 0 Å². The number of H-pyrrole nitrogens is 1. The molecule has 0 radical (unpaired) electrons. The van der Waals surface area contributed by atoms with Crippen LogP contribution >= 0.6 is 0 Å². The van der Waals surface area contributed by atoms with Gasteiger partial charge in [-0.1, -0.05) is 6.07 Å². The maximum atomic E-state index is 5.62. The van der Waals surface area contributed by atoms with Crippen LogP contribution in [0.5, 0.6) is 5.75 Å². The van der Waals surface area contributed by atoms with E-state index >= 15 is 0 Å². The number of aromatic nitrogens is 4. The summed E-state index contributed by atoms with van der Waals surface area (Å²) in [5.41, 5.74) is 6.31. The molecule has 0 unspecified atom stereocenters. The highest BCUT2D eigenvalue weighted by Crippen LogP contribution is 2.32. The van der Waals surface area contributed by atoms with E-state index in [2.05, 4.69) is 45.7 Å². The van der Waals surface area contributed by atoms with Gasteiger partial charge in [0.05, 0.1) is 12.8 Å². The van der Waals surface area contributed by atoms with E-state index in [1.165, 1.54) is 5.56 Å². The number of ether oxygens (including phenoxy) is 1. The molecule has 0 spiro atoms. The van der Waals surface area contributed by atoms with Gasteiger partial charge in [-0.25, -0.2) is 9.50 Å². The van der Waals surface area contributed by atoms with Crippen molar-refractivity contribution in [3.05, 3.63) is 72.7 Å². The predicted molar refractivity (Wildman–Crippen MR) is 109 cm³/mol. The average Bonchev–Trinajstić information content (AvgIpc) is 3.45. The van der Waals surface area contributed by atoms with Crippen LogP contribution in [0.15, 0.2) is 67.1 Å². The number of aromatic amines is 1. The number of benzene rings is 2. The van der Waals surface area contributed by atoms with Crippen molar-refractivity contribution in [1.82, 2.24) is 19.6 Å². The Labute approximate surface area is 160 Å². The van der Waals surface area contributed by atoms with Crippen LogP contribution in [-0.4, -0.2) is 26.2 Å². The van der Waals surface area contributed by atoms with Crippen molar-refractivity contribution in [1.29, 1.82) is 0 Å². The summed E-state index contributed by atoms with van der Waals surface area (Å²) in [5, 5.41) is 9.03. The van der Waals surface area contributed by atoms with Crippen LogP contribution in [0.1, 0.15) is 5.56 Å². The van der Waals surface area contributed by atoms with E-state index in [4.69, 9.17) is 9.72 Å². The third kappa shape index (κ3) is 2.42. The minimum Gasteiger partial charge on any atom is -0.493 e. The Morgan fingerprint density at radius 1 is 1.07 bits per heavy atom. The Kier molecular flexibility index (Phi) is 3.19. The van der Waals surface area contributed by atoms with E-state index in [0.29, 0.717) is 0 Å². The Bertz CT molecular complexity index is 1330. The topological polar surface area (TPSA) is 67.2 Å². The summed E-state index contributed by atoms with van der Waals surface area (Å²) in [6.45, 7) is 0.755. The molecule has 1 aliphatic rings. The van der Waals surface area contributed by atoms with Gasteiger partial charge in [0.15, 0.2) is 5.65 Å². The summed E-state index contributed by atoms with van der Waals surface area (Å²) in [6.07, 6.45) is 6.69. The first kappa shape index (κ1) is 15.3. The highest BCUT2D eigenvalue weighted by atomic mass is 16.5. The lowest BCUT2D eigenvalue weighted by Gasteiger charge is -2.07. The molecule has 0 aliphatic carbocycles. The molecule has 6 heteroatoms. The summed E-state index contributed by atoms with van der Waals surface area (Å²) < 4.78 is 7.42. The Morgan fingerprint density at radius 2 is 2.07 bits per heavy atom. The first-order valence-corrected chi connectivity index (χ1v) is 9.28. The van der Waals surface area contributed by atoms with E-state index in [-0.39, 0.29) is 0 Å². The zero-order valence-electron chi connectivity index (χ0n) is 15.0. The molecule has 28 heavy (non-hydrogen) atoms. The lowest BCUT2D eigenvalue weighted by atomic mass is 10.0. The van der Waals surface area contributed by atoms with Crippen molar-refractivity contribution < 1.29 is 4.74 Å². The van der Waals surface area contributed by atoms with Gasteiger partial charge in [0.25, 0.3) is 0 Å². The van der Waals surface area contributed by atoms with Crippen LogP contribution in [-0.2, 0) is 6.42 Å². The molecule has 6 rings (SSSR count). The van der Waals surface area contributed by atoms with Crippen LogP contribution in [0.25, 0.3) is 27.7 Å². The third-order valence-corrected chi connectivity index (χ3v) is 5.20. The molecule has 5 aromatic rings. The first-order valence-electron chi connectivity index (χ1n) is 9.28. The number of rotatable bonds is 3. The predicted octanol–water partition coefficient (Wildman–Crippen LogP) is 4.56. The second-order valence-corrected chi connectivity index (χ2v) is 6.96. The minimum atomic E-state index is 0.755. The normalized spacial score (nSPS) is 13.0. The maximum absolute atomic E-state index is 5.62. The van der Waals surface area contributed by atoms with Crippen LogP contribution in [0, 0.1) is 0 Å². The molecular weight excluding hydrogens is 350 g/mol. The van der Waals surface area contributed by atoms with Gasteiger partial charge in [0.2, 0.25) is 0 Å². The summed E-state index contributed by atoms with van der Waals surface area (Å²) >= 11 is 0. The number of nitrogens with zero attached hydrogens (tertiary/aromatic N) is 3. The van der Waals surface area contributed by atoms with E-state index < -0.39 is 0 Å². The summed E-state index contributed by atoms with van der Waals surface area (Å²) in [5.74, 6) is 1.77. The zero-order valence-corrected chi connectivity index (χ0v) is 15.0. The Morgan fingerprint density at radius 3 is 3.07 bits per heavy atom. The molecule has 6 nitrogen and oxygen atoms in total. The third-order valence-electron chi connectivity index (χ3n) is 5.20. The molecule has 0 fully saturated rings. The number of nitrogens with one attached hydrogen (secondary N) is 2. The quantitative estimate of drug-likeness (QED) is 0.491. The Hall–Kier alpha value is -3.80. The second-order valence-electron chi connectivity index (χ2n) is 6.96. The molecule has 0 bridgehead atoms. The van der Waals surface area contributed by atoms with Gasteiger partial charge in [-0.15, -0.1) is 0 Å². The van der Waals surface area contributed by atoms with Gasteiger partial charge in [-0.3, -0.25) is 0 Å². The summed E-state index contributed by atoms with van der Waals surface area (Å²) in [7, 11) is 0. The molecule has 2 aromatic carbocycles. The van der Waals surface area contributed by atoms with E-state index in [1.807, 2.05) is 36.8 Å². The van der Waals surface area contributed by atoms with Gasteiger partial charge in [-0.2, -0.15) is 5.10 Å². The van der Waals surface area contributed by atoms with Crippen LogP contribution < -0.4 is 10.1 Å². The standard InChI is InChI=1S/C22H17N5O/c1-4-20-16(7-10-28-20)11-14(1)18-13-24-27-9-6-21(26-22(18)27)25-17-2-3-19-15(12-17)5-8-23-19/h1-6,8-9,11-13,23H,7,10H2,(H,25,26). The molecule has 0 saturated carbocycles. The van der Waals surface area contributed by atoms with E-state index in [1.54, 1.807) is 4.52 Å². The van der Waals surface area contributed by atoms with Gasteiger partial charge in [-0.05, 0) is 53.6 Å². The molecule has 0 amide bonds. The molecule has 0 atom stereocenters. The van der Waals surface area contributed by atoms with E-state index in [0.717, 1.165) is 58.0 Å². The van der Waals surface area contributed by atoms with Gasteiger partial charge in [0.1, 0.15) is 11.6 Å². The highest BCUT2D eigenvalue weighted by molar-refractivity contribution is 5.84. The van der Waals surface area contributed by atoms with Gasteiger partial charge in [0, 0.05) is 41.0 Å². The molecule has 136 valence electrons. The molecule has 4 heterocycles. The number of hydrogen-bond donors (Lipinski definition) is 2. The van der Waals surface area contributed by atoms with Crippen molar-refractivity contribution in [3.63, 3.8) is 0 Å².